The number of hydrogen-bond acceptors (Lipinski definition) is 4. The lowest BCUT2D eigenvalue weighted by Crippen LogP contribution is -2.35. The van der Waals surface area contributed by atoms with Gasteiger partial charge < -0.3 is 19.9 Å². The SMILES string of the molecule is Cl.O=C1N[C@@H](c2ccc(OCc3ccccc3)cc2O)CCO1. The quantitative estimate of drug-likeness (QED) is 0.896. The van der Waals surface area contributed by atoms with Crippen LogP contribution in [-0.2, 0) is 11.3 Å². The van der Waals surface area contributed by atoms with Gasteiger partial charge in [0.2, 0.25) is 0 Å². The van der Waals surface area contributed by atoms with Crippen LogP contribution in [0.1, 0.15) is 23.6 Å². The molecule has 2 aromatic rings. The van der Waals surface area contributed by atoms with Crippen molar-refractivity contribution in [2.24, 2.45) is 0 Å². The van der Waals surface area contributed by atoms with Crippen molar-refractivity contribution in [1.82, 2.24) is 5.32 Å². The molecule has 23 heavy (non-hydrogen) atoms. The average molecular weight is 336 g/mol. The van der Waals surface area contributed by atoms with Gasteiger partial charge in [0.15, 0.2) is 0 Å². The summed E-state index contributed by atoms with van der Waals surface area (Å²) in [4.78, 5) is 11.2. The van der Waals surface area contributed by atoms with Gasteiger partial charge in [0.05, 0.1) is 12.6 Å². The molecule has 122 valence electrons. The van der Waals surface area contributed by atoms with Gasteiger partial charge in [-0.1, -0.05) is 30.3 Å². The summed E-state index contributed by atoms with van der Waals surface area (Å²) in [6.07, 6.45) is 0.170. The molecule has 1 aliphatic heterocycles. The third-order valence-corrected chi connectivity index (χ3v) is 3.56. The number of rotatable bonds is 4. The number of alkyl carbamates (subject to hydrolysis) is 1. The average Bonchev–Trinajstić information content (AvgIpc) is 2.54. The Bertz CT molecular complexity index is 663. The molecule has 0 saturated carbocycles. The van der Waals surface area contributed by atoms with Gasteiger partial charge in [-0.3, -0.25) is 0 Å². The van der Waals surface area contributed by atoms with Crippen LogP contribution in [0, 0.1) is 0 Å². The second-order valence-corrected chi connectivity index (χ2v) is 5.12. The predicted molar refractivity (Wildman–Crippen MR) is 88.0 cm³/mol. The summed E-state index contributed by atoms with van der Waals surface area (Å²) in [5, 5.41) is 12.8. The first kappa shape index (κ1) is 17.0. The van der Waals surface area contributed by atoms with Crippen molar-refractivity contribution in [1.29, 1.82) is 0 Å². The molecule has 6 heteroatoms. The molecular formula is C17H18ClNO4. The minimum absolute atomic E-state index is 0. The van der Waals surface area contributed by atoms with Gasteiger partial charge in [0.1, 0.15) is 18.1 Å². The van der Waals surface area contributed by atoms with Gasteiger partial charge in [0.25, 0.3) is 0 Å². The normalized spacial score (nSPS) is 16.7. The number of carbonyl (C=O) groups excluding carboxylic acids is 1. The molecule has 2 aromatic carbocycles. The van der Waals surface area contributed by atoms with Gasteiger partial charge in [-0.15, -0.1) is 12.4 Å². The van der Waals surface area contributed by atoms with E-state index in [9.17, 15) is 9.90 Å². The summed E-state index contributed by atoms with van der Waals surface area (Å²) in [6.45, 7) is 0.788. The van der Waals surface area contributed by atoms with Crippen LogP contribution >= 0.6 is 12.4 Å². The van der Waals surface area contributed by atoms with Crippen molar-refractivity contribution < 1.29 is 19.4 Å². The van der Waals surface area contributed by atoms with Crippen molar-refractivity contribution >= 4 is 18.5 Å². The first-order valence-electron chi connectivity index (χ1n) is 7.15. The third kappa shape index (κ3) is 4.29. The highest BCUT2D eigenvalue weighted by molar-refractivity contribution is 5.85. The molecule has 3 rings (SSSR count). The van der Waals surface area contributed by atoms with E-state index in [-0.39, 0.29) is 24.2 Å². The third-order valence-electron chi connectivity index (χ3n) is 3.56. The number of phenols is 1. The van der Waals surface area contributed by atoms with Crippen molar-refractivity contribution in [3.63, 3.8) is 0 Å². The molecule has 5 nitrogen and oxygen atoms in total. The zero-order chi connectivity index (χ0) is 15.4. The van der Waals surface area contributed by atoms with Gasteiger partial charge in [-0.05, 0) is 17.7 Å². The van der Waals surface area contributed by atoms with E-state index in [4.69, 9.17) is 9.47 Å². The van der Waals surface area contributed by atoms with E-state index >= 15 is 0 Å². The Labute approximate surface area is 140 Å². The molecule has 2 N–H and O–H groups in total. The summed E-state index contributed by atoms with van der Waals surface area (Å²) in [5.41, 5.74) is 1.73. The molecular weight excluding hydrogens is 318 g/mol. The van der Waals surface area contributed by atoms with Crippen molar-refractivity contribution in [3.05, 3.63) is 59.7 Å². The maximum absolute atomic E-state index is 11.2. The fourth-order valence-corrected chi connectivity index (χ4v) is 2.41. The van der Waals surface area contributed by atoms with Crippen molar-refractivity contribution in [2.75, 3.05) is 6.61 Å². The molecule has 1 heterocycles. The monoisotopic (exact) mass is 335 g/mol. The largest absolute Gasteiger partial charge is 0.507 e. The number of cyclic esters (lactones) is 1. The van der Waals surface area contributed by atoms with E-state index in [1.165, 1.54) is 0 Å². The highest BCUT2D eigenvalue weighted by atomic mass is 35.5. The van der Waals surface area contributed by atoms with Crippen LogP contribution in [0.25, 0.3) is 0 Å². The Morgan fingerprint density at radius 3 is 2.70 bits per heavy atom. The summed E-state index contributed by atoms with van der Waals surface area (Å²) in [6, 6.07) is 14.7. The van der Waals surface area contributed by atoms with Crippen LogP contribution in [0.3, 0.4) is 0 Å². The number of amides is 1. The van der Waals surface area contributed by atoms with Crippen LogP contribution in [0.4, 0.5) is 4.79 Å². The van der Waals surface area contributed by atoms with Gasteiger partial charge in [0, 0.05) is 18.1 Å². The van der Waals surface area contributed by atoms with E-state index in [2.05, 4.69) is 5.32 Å². The predicted octanol–water partition coefficient (Wildman–Crippen LogP) is 3.56. The van der Waals surface area contributed by atoms with E-state index in [1.807, 2.05) is 30.3 Å². The number of phenolic OH excluding ortho intramolecular Hbond substituents is 1. The number of ether oxygens (including phenoxy) is 2. The lowest BCUT2D eigenvalue weighted by molar-refractivity contribution is 0.115. The fourth-order valence-electron chi connectivity index (χ4n) is 2.41. The van der Waals surface area contributed by atoms with E-state index in [1.54, 1.807) is 18.2 Å². The highest BCUT2D eigenvalue weighted by Crippen LogP contribution is 2.31. The second kappa shape index (κ2) is 7.74. The molecule has 0 unspecified atom stereocenters. The lowest BCUT2D eigenvalue weighted by atomic mass is 10.0. The van der Waals surface area contributed by atoms with Crippen LogP contribution < -0.4 is 10.1 Å². The maximum atomic E-state index is 11.2. The molecule has 1 aliphatic rings. The van der Waals surface area contributed by atoms with Crippen LogP contribution in [0.5, 0.6) is 11.5 Å². The molecule has 1 atom stereocenters. The van der Waals surface area contributed by atoms with E-state index < -0.39 is 6.09 Å². The minimum atomic E-state index is -0.458. The zero-order valence-corrected chi connectivity index (χ0v) is 13.2. The minimum Gasteiger partial charge on any atom is -0.507 e. The number of benzene rings is 2. The van der Waals surface area contributed by atoms with E-state index in [0.717, 1.165) is 5.56 Å². The van der Waals surface area contributed by atoms with Crippen LogP contribution in [-0.4, -0.2) is 17.8 Å². The van der Waals surface area contributed by atoms with E-state index in [0.29, 0.717) is 30.9 Å². The van der Waals surface area contributed by atoms with Gasteiger partial charge in [-0.25, -0.2) is 4.79 Å². The highest BCUT2D eigenvalue weighted by Gasteiger charge is 2.23. The lowest BCUT2D eigenvalue weighted by Gasteiger charge is -2.24. The zero-order valence-electron chi connectivity index (χ0n) is 12.4. The number of carbonyl (C=O) groups is 1. The molecule has 1 amide bonds. The maximum Gasteiger partial charge on any atom is 0.407 e. The summed E-state index contributed by atoms with van der Waals surface area (Å²) in [7, 11) is 0. The summed E-state index contributed by atoms with van der Waals surface area (Å²) >= 11 is 0. The first-order chi connectivity index (χ1) is 10.7. The molecule has 0 spiro atoms. The smallest absolute Gasteiger partial charge is 0.407 e. The molecule has 1 saturated heterocycles. The molecule has 0 bridgehead atoms. The number of halogens is 1. The van der Waals surface area contributed by atoms with Crippen LogP contribution in [0.2, 0.25) is 0 Å². The Morgan fingerprint density at radius 1 is 1.22 bits per heavy atom. The van der Waals surface area contributed by atoms with Gasteiger partial charge >= 0.3 is 6.09 Å². The van der Waals surface area contributed by atoms with Gasteiger partial charge in [-0.2, -0.15) is 0 Å². The van der Waals surface area contributed by atoms with Crippen molar-refractivity contribution in [3.8, 4) is 11.5 Å². The second-order valence-electron chi connectivity index (χ2n) is 5.12. The number of hydrogen-bond donors (Lipinski definition) is 2. The Kier molecular flexibility index (Phi) is 5.71. The Hall–Kier alpha value is -2.40. The summed E-state index contributed by atoms with van der Waals surface area (Å²) < 4.78 is 10.5. The summed E-state index contributed by atoms with van der Waals surface area (Å²) in [5.74, 6) is 0.696. The van der Waals surface area contributed by atoms with Crippen LogP contribution in [0.15, 0.2) is 48.5 Å². The Balaban J connectivity index is 0.00000192. The molecule has 0 aliphatic carbocycles. The molecule has 0 aromatic heterocycles. The van der Waals surface area contributed by atoms with Crippen molar-refractivity contribution in [2.45, 2.75) is 19.1 Å². The fraction of sp³-hybridized carbons (Fsp3) is 0.235. The molecule has 0 radical (unpaired) electrons. The topological polar surface area (TPSA) is 67.8 Å². The number of nitrogens with one attached hydrogen (secondary N) is 1. The standard InChI is InChI=1S/C17H17NO4.ClH/c19-16-10-13(22-11-12-4-2-1-3-5-12)6-7-14(16)15-8-9-21-17(20)18-15;/h1-7,10,15,19H,8-9,11H2,(H,18,20);1H/t15-;/m1./s1. The Morgan fingerprint density at radius 2 is 2.00 bits per heavy atom. The first-order valence-corrected chi connectivity index (χ1v) is 7.15. The number of aromatic hydroxyl groups is 1. The molecule has 1 fully saturated rings.